The third-order valence-electron chi connectivity index (χ3n) is 4.84. The summed E-state index contributed by atoms with van der Waals surface area (Å²) in [5, 5.41) is 16.8. The zero-order chi connectivity index (χ0) is 19.3. The van der Waals surface area contributed by atoms with Gasteiger partial charge in [0.05, 0.1) is 16.1 Å². The van der Waals surface area contributed by atoms with E-state index in [0.717, 1.165) is 66.3 Å². The third-order valence-corrected chi connectivity index (χ3v) is 5.97. The summed E-state index contributed by atoms with van der Waals surface area (Å²) < 4.78 is 0.944. The van der Waals surface area contributed by atoms with Gasteiger partial charge in [-0.15, -0.1) is 11.3 Å². The molecule has 4 rings (SSSR count). The fraction of sp³-hybridized carbons (Fsp3) is 0.350. The monoisotopic (exact) mass is 397 g/mol. The number of carbonyl (C=O) groups is 1. The lowest BCUT2D eigenvalue weighted by atomic mass is 10.1. The number of piperazine rings is 1. The number of carboxylic acids is 1. The zero-order valence-electron chi connectivity index (χ0n) is 15.5. The highest BCUT2D eigenvalue weighted by atomic mass is 32.1. The molecule has 3 heterocycles. The summed E-state index contributed by atoms with van der Waals surface area (Å²) >= 11 is 1.54. The molecule has 0 amide bonds. The van der Waals surface area contributed by atoms with Crippen molar-refractivity contribution in [1.29, 1.82) is 0 Å². The maximum absolute atomic E-state index is 11.4. The number of benzene rings is 1. The van der Waals surface area contributed by atoms with Gasteiger partial charge in [0.25, 0.3) is 0 Å². The summed E-state index contributed by atoms with van der Waals surface area (Å²) in [7, 11) is 0. The van der Waals surface area contributed by atoms with Gasteiger partial charge in [-0.3, -0.25) is 0 Å². The highest BCUT2D eigenvalue weighted by Gasteiger charge is 2.13. The summed E-state index contributed by atoms with van der Waals surface area (Å²) in [4.78, 5) is 23.8. The summed E-state index contributed by atoms with van der Waals surface area (Å²) in [5.74, 6) is -0.307. The smallest absolute Gasteiger partial charge is 0.336 e. The Morgan fingerprint density at radius 1 is 1.29 bits per heavy atom. The van der Waals surface area contributed by atoms with Crippen molar-refractivity contribution in [3.63, 3.8) is 0 Å². The topological polar surface area (TPSA) is 90.4 Å². The number of carboxylic acid groups (broad SMARTS) is 1. The van der Waals surface area contributed by atoms with Crippen LogP contribution in [0.3, 0.4) is 0 Å². The van der Waals surface area contributed by atoms with Crippen LogP contribution in [-0.2, 0) is 0 Å². The number of anilines is 1. The van der Waals surface area contributed by atoms with Crippen LogP contribution in [0.1, 0.15) is 16.8 Å². The molecule has 0 unspecified atom stereocenters. The predicted molar refractivity (Wildman–Crippen MR) is 112 cm³/mol. The fourth-order valence-corrected chi connectivity index (χ4v) is 4.45. The van der Waals surface area contributed by atoms with Crippen molar-refractivity contribution < 1.29 is 9.90 Å². The largest absolute Gasteiger partial charge is 0.478 e. The Balaban J connectivity index is 1.42. The van der Waals surface area contributed by atoms with E-state index in [-0.39, 0.29) is 0 Å². The molecule has 1 saturated heterocycles. The molecule has 0 aliphatic carbocycles. The number of hydrogen-bond acceptors (Lipinski definition) is 7. The highest BCUT2D eigenvalue weighted by molar-refractivity contribution is 7.22. The first-order valence-corrected chi connectivity index (χ1v) is 10.3. The van der Waals surface area contributed by atoms with Crippen LogP contribution in [0.25, 0.3) is 20.7 Å². The van der Waals surface area contributed by atoms with Crippen molar-refractivity contribution in [2.75, 3.05) is 44.6 Å². The average molecular weight is 398 g/mol. The first-order chi connectivity index (χ1) is 13.7. The maximum atomic E-state index is 11.4. The van der Waals surface area contributed by atoms with Crippen molar-refractivity contribution >= 4 is 33.3 Å². The van der Waals surface area contributed by atoms with E-state index in [1.54, 1.807) is 29.7 Å². The van der Waals surface area contributed by atoms with E-state index < -0.39 is 5.97 Å². The van der Waals surface area contributed by atoms with Gasteiger partial charge in [-0.2, -0.15) is 0 Å². The number of nitrogens with one attached hydrogen (secondary N) is 2. The predicted octanol–water partition coefficient (Wildman–Crippen LogP) is 2.76. The van der Waals surface area contributed by atoms with Crippen LogP contribution < -0.4 is 10.6 Å². The third kappa shape index (κ3) is 4.30. The van der Waals surface area contributed by atoms with Crippen LogP contribution in [0, 0.1) is 0 Å². The molecule has 2 aromatic heterocycles. The second-order valence-corrected chi connectivity index (χ2v) is 7.85. The first kappa shape index (κ1) is 18.8. The van der Waals surface area contributed by atoms with E-state index in [4.69, 9.17) is 0 Å². The fourth-order valence-electron chi connectivity index (χ4n) is 3.39. The lowest BCUT2D eigenvalue weighted by molar-refractivity contribution is 0.0699. The first-order valence-electron chi connectivity index (χ1n) is 9.47. The van der Waals surface area contributed by atoms with Crippen LogP contribution in [0.4, 0.5) is 5.95 Å². The van der Waals surface area contributed by atoms with E-state index in [9.17, 15) is 9.90 Å². The lowest BCUT2D eigenvalue weighted by Crippen LogP contribution is -2.44. The minimum atomic E-state index is -0.913. The molecule has 3 N–H and O–H groups in total. The number of hydrogen-bond donors (Lipinski definition) is 3. The van der Waals surface area contributed by atoms with E-state index in [2.05, 4.69) is 25.5 Å². The molecule has 1 aromatic carbocycles. The van der Waals surface area contributed by atoms with Crippen LogP contribution in [0.2, 0.25) is 0 Å². The molecule has 0 atom stereocenters. The van der Waals surface area contributed by atoms with Crippen molar-refractivity contribution in [2.45, 2.75) is 6.42 Å². The second-order valence-electron chi connectivity index (χ2n) is 6.77. The minimum absolute atomic E-state index is 0.320. The van der Waals surface area contributed by atoms with Crippen LogP contribution >= 0.6 is 11.3 Å². The molecule has 7 nitrogen and oxygen atoms in total. The molecule has 0 saturated carbocycles. The van der Waals surface area contributed by atoms with Crippen molar-refractivity contribution in [3.8, 4) is 10.6 Å². The summed E-state index contributed by atoms with van der Waals surface area (Å²) in [6.07, 6.45) is 2.78. The number of fused-ring (bicyclic) bond motifs is 1. The standard InChI is InChI=1S/C20H23N5O2S/c26-19(27)14-3-1-4-17-15(14)13-18(28-17)16-5-7-23-20(24-16)22-6-2-10-25-11-8-21-9-12-25/h1,3-5,7,13,21H,2,6,8-12H2,(H,26,27)(H,22,23,24). The highest BCUT2D eigenvalue weighted by Crippen LogP contribution is 2.34. The maximum Gasteiger partial charge on any atom is 0.336 e. The molecule has 1 aliphatic heterocycles. The SMILES string of the molecule is O=C(O)c1cccc2sc(-c3ccnc(NCCCN4CCNCC4)n3)cc12. The molecular weight excluding hydrogens is 374 g/mol. The Morgan fingerprint density at radius 2 is 2.14 bits per heavy atom. The zero-order valence-corrected chi connectivity index (χ0v) is 16.3. The molecule has 1 aliphatic rings. The molecule has 0 spiro atoms. The minimum Gasteiger partial charge on any atom is -0.478 e. The number of thiophene rings is 1. The Hall–Kier alpha value is -2.55. The molecule has 3 aromatic rings. The van der Waals surface area contributed by atoms with Crippen LogP contribution in [0.5, 0.6) is 0 Å². The second kappa shape index (κ2) is 8.64. The Morgan fingerprint density at radius 3 is 2.96 bits per heavy atom. The Kier molecular flexibility index (Phi) is 5.80. The quantitative estimate of drug-likeness (QED) is 0.528. The van der Waals surface area contributed by atoms with Gasteiger partial charge in [-0.25, -0.2) is 14.8 Å². The summed E-state index contributed by atoms with van der Waals surface area (Å²) in [5.41, 5.74) is 1.12. The summed E-state index contributed by atoms with van der Waals surface area (Å²) in [6.45, 7) is 6.24. The molecule has 146 valence electrons. The van der Waals surface area contributed by atoms with Gasteiger partial charge in [0.15, 0.2) is 0 Å². The van der Waals surface area contributed by atoms with Gasteiger partial charge >= 0.3 is 5.97 Å². The molecule has 0 bridgehead atoms. The van der Waals surface area contributed by atoms with Crippen LogP contribution in [0.15, 0.2) is 36.5 Å². The number of rotatable bonds is 7. The van der Waals surface area contributed by atoms with E-state index in [1.807, 2.05) is 18.2 Å². The van der Waals surface area contributed by atoms with Crippen LogP contribution in [-0.4, -0.2) is 65.2 Å². The summed E-state index contributed by atoms with van der Waals surface area (Å²) in [6, 6.07) is 9.10. The molecular formula is C20H23N5O2S. The van der Waals surface area contributed by atoms with E-state index in [1.165, 1.54) is 0 Å². The van der Waals surface area contributed by atoms with E-state index >= 15 is 0 Å². The Labute approximate surface area is 167 Å². The number of nitrogens with zero attached hydrogens (tertiary/aromatic N) is 3. The van der Waals surface area contributed by atoms with Crippen molar-refractivity contribution in [2.24, 2.45) is 0 Å². The van der Waals surface area contributed by atoms with Gasteiger partial charge < -0.3 is 20.6 Å². The molecule has 28 heavy (non-hydrogen) atoms. The van der Waals surface area contributed by atoms with Gasteiger partial charge in [0.1, 0.15) is 0 Å². The van der Waals surface area contributed by atoms with Gasteiger partial charge in [0, 0.05) is 49.0 Å². The van der Waals surface area contributed by atoms with Gasteiger partial charge in [-0.05, 0) is 37.2 Å². The number of aromatic carboxylic acids is 1. The normalized spacial score (nSPS) is 15.0. The molecule has 1 fully saturated rings. The average Bonchev–Trinajstić information content (AvgIpc) is 3.16. The lowest BCUT2D eigenvalue weighted by Gasteiger charge is -2.27. The molecule has 8 heteroatoms. The Bertz CT molecular complexity index is 968. The van der Waals surface area contributed by atoms with Gasteiger partial charge in [-0.1, -0.05) is 6.07 Å². The van der Waals surface area contributed by atoms with Crippen molar-refractivity contribution in [3.05, 3.63) is 42.1 Å². The molecule has 0 radical (unpaired) electrons. The van der Waals surface area contributed by atoms with Gasteiger partial charge in [0.2, 0.25) is 5.95 Å². The number of aromatic nitrogens is 2. The van der Waals surface area contributed by atoms with Crippen molar-refractivity contribution in [1.82, 2.24) is 20.2 Å². The van der Waals surface area contributed by atoms with E-state index in [0.29, 0.717) is 11.5 Å².